The minimum atomic E-state index is -2.62. The number of hydrogen-bond donors (Lipinski definition) is 1. The van der Waals surface area contributed by atoms with E-state index in [1.54, 1.807) is 11.3 Å². The van der Waals surface area contributed by atoms with Crippen molar-refractivity contribution in [2.24, 2.45) is 5.92 Å². The molecule has 0 spiro atoms. The van der Waals surface area contributed by atoms with Gasteiger partial charge in [0.1, 0.15) is 11.6 Å². The number of halogens is 2. The van der Waals surface area contributed by atoms with Crippen LogP contribution >= 0.6 is 11.3 Å². The van der Waals surface area contributed by atoms with Gasteiger partial charge in [0.05, 0.1) is 6.04 Å². The smallest absolute Gasteiger partial charge is 0.248 e. The summed E-state index contributed by atoms with van der Waals surface area (Å²) in [4.78, 5) is 18.3. The number of carbonyl (C=O) groups excluding carboxylic acids is 1. The second-order valence-corrected chi connectivity index (χ2v) is 13.2. The summed E-state index contributed by atoms with van der Waals surface area (Å²) in [6, 6.07) is 5.75. The second-order valence-electron chi connectivity index (χ2n) is 12.0. The van der Waals surface area contributed by atoms with Crippen LogP contribution < -0.4 is 5.32 Å². The Morgan fingerprint density at radius 3 is 2.39 bits per heavy atom. The molecule has 4 atom stereocenters. The Labute approximate surface area is 229 Å². The van der Waals surface area contributed by atoms with Gasteiger partial charge in [-0.1, -0.05) is 20.8 Å². The zero-order chi connectivity index (χ0) is 27.0. The maximum Gasteiger partial charge on any atom is 0.248 e. The van der Waals surface area contributed by atoms with E-state index < -0.39 is 5.92 Å². The summed E-state index contributed by atoms with van der Waals surface area (Å²) >= 11 is 1.77. The molecule has 9 heteroatoms. The highest BCUT2D eigenvalue weighted by Gasteiger charge is 2.43. The number of nitrogens with one attached hydrogen (secondary N) is 1. The van der Waals surface area contributed by atoms with Crippen molar-refractivity contribution >= 4 is 17.2 Å². The number of alkyl halides is 2. The van der Waals surface area contributed by atoms with Crippen molar-refractivity contribution in [3.05, 3.63) is 33.5 Å². The van der Waals surface area contributed by atoms with Crippen LogP contribution in [-0.4, -0.2) is 50.1 Å². The zero-order valence-electron chi connectivity index (χ0n) is 23.3. The molecular formula is C29H43F2N5OS. The monoisotopic (exact) mass is 547 g/mol. The molecule has 4 heterocycles. The molecule has 5 rings (SSSR count). The van der Waals surface area contributed by atoms with E-state index in [1.807, 2.05) is 0 Å². The quantitative estimate of drug-likeness (QED) is 0.385. The summed E-state index contributed by atoms with van der Waals surface area (Å²) in [5.74, 6) is -0.524. The number of rotatable bonds is 9. The number of carbonyl (C=O) groups is 1. The number of aromatic nitrogens is 3. The number of piperidine rings is 1. The highest BCUT2D eigenvalue weighted by atomic mass is 32.1. The normalized spacial score (nSPS) is 26.7. The largest absolute Gasteiger partial charge is 0.348 e. The lowest BCUT2D eigenvalue weighted by atomic mass is 9.86. The Balaban J connectivity index is 1.25. The van der Waals surface area contributed by atoms with E-state index in [-0.39, 0.29) is 43.6 Å². The lowest BCUT2D eigenvalue weighted by Gasteiger charge is -2.40. The van der Waals surface area contributed by atoms with Crippen LogP contribution in [-0.2, 0) is 11.2 Å². The third-order valence-corrected chi connectivity index (χ3v) is 10.4. The van der Waals surface area contributed by atoms with E-state index in [0.717, 1.165) is 43.9 Å². The Morgan fingerprint density at radius 1 is 1.11 bits per heavy atom. The van der Waals surface area contributed by atoms with Crippen LogP contribution in [0, 0.1) is 12.8 Å². The highest BCUT2D eigenvalue weighted by molar-refractivity contribution is 7.12. The molecule has 6 nitrogen and oxygen atoms in total. The molecule has 1 N–H and O–H groups in total. The molecule has 0 aromatic carbocycles. The predicted molar refractivity (Wildman–Crippen MR) is 147 cm³/mol. The van der Waals surface area contributed by atoms with Gasteiger partial charge >= 0.3 is 0 Å². The number of aryl methyl sites for hydroxylation is 2. The fourth-order valence-corrected chi connectivity index (χ4v) is 8.02. The van der Waals surface area contributed by atoms with E-state index in [1.165, 1.54) is 22.6 Å². The Morgan fingerprint density at radius 2 is 1.79 bits per heavy atom. The van der Waals surface area contributed by atoms with Gasteiger partial charge in [0.15, 0.2) is 0 Å². The average molecular weight is 548 g/mol. The van der Waals surface area contributed by atoms with Crippen LogP contribution in [0.5, 0.6) is 0 Å². The SMILES string of the molecule is CCc1ccc([C@H](CCN2[C@@H]3CC[C@H]2C[C@H](n2c(C)nnc2C(C)C)C3)NC(=O)C2CCC(F)(F)CC2)s1. The van der Waals surface area contributed by atoms with Gasteiger partial charge in [0, 0.05) is 59.1 Å². The molecular weight excluding hydrogens is 504 g/mol. The van der Waals surface area contributed by atoms with Crippen LogP contribution in [0.2, 0.25) is 0 Å². The van der Waals surface area contributed by atoms with Gasteiger partial charge in [-0.2, -0.15) is 0 Å². The molecule has 3 fully saturated rings. The standard InChI is InChI=1S/C29H43F2N5OS/c1-5-24-8-9-26(38-24)25(32-28(37)20-10-13-29(30,31)14-11-20)12-15-35-21-6-7-22(35)17-23(16-21)36-19(4)33-34-27(36)18(2)3/h8-9,18,20-23,25H,5-7,10-17H2,1-4H3,(H,32,37)/t21-,22+,23-,25-/m0/s1. The summed E-state index contributed by atoms with van der Waals surface area (Å²) in [6.07, 6.45) is 6.65. The maximum atomic E-state index is 13.7. The number of fused-ring (bicyclic) bond motifs is 2. The van der Waals surface area contributed by atoms with Crippen molar-refractivity contribution in [1.82, 2.24) is 25.0 Å². The number of hydrogen-bond acceptors (Lipinski definition) is 5. The molecule has 2 aliphatic heterocycles. The van der Waals surface area contributed by atoms with Crippen LogP contribution in [0.15, 0.2) is 12.1 Å². The lowest BCUT2D eigenvalue weighted by Crippen LogP contribution is -2.45. The summed E-state index contributed by atoms with van der Waals surface area (Å²) in [7, 11) is 0. The van der Waals surface area contributed by atoms with Gasteiger partial charge in [0.25, 0.3) is 0 Å². The van der Waals surface area contributed by atoms with Crippen molar-refractivity contribution in [2.75, 3.05) is 6.54 Å². The van der Waals surface area contributed by atoms with Gasteiger partial charge < -0.3 is 9.88 Å². The molecule has 2 aromatic heterocycles. The van der Waals surface area contributed by atoms with Crippen LogP contribution in [0.25, 0.3) is 0 Å². The Bertz CT molecular complexity index is 1090. The first-order valence-corrected chi connectivity index (χ1v) is 15.4. The number of amides is 1. The van der Waals surface area contributed by atoms with E-state index in [4.69, 9.17) is 0 Å². The Kier molecular flexibility index (Phi) is 8.25. The lowest BCUT2D eigenvalue weighted by molar-refractivity contribution is -0.130. The maximum absolute atomic E-state index is 13.7. The topological polar surface area (TPSA) is 63.1 Å². The molecule has 3 aliphatic rings. The van der Waals surface area contributed by atoms with Crippen LogP contribution in [0.1, 0.15) is 118 Å². The van der Waals surface area contributed by atoms with Gasteiger partial charge in [0.2, 0.25) is 11.8 Å². The summed E-state index contributed by atoms with van der Waals surface area (Å²) in [6.45, 7) is 9.53. The van der Waals surface area contributed by atoms with Gasteiger partial charge in [-0.05, 0) is 70.4 Å². The molecule has 1 aliphatic carbocycles. The first-order valence-electron chi connectivity index (χ1n) is 14.6. The van der Waals surface area contributed by atoms with E-state index >= 15 is 0 Å². The van der Waals surface area contributed by atoms with Crippen molar-refractivity contribution in [3.8, 4) is 0 Å². The van der Waals surface area contributed by atoms with Gasteiger partial charge in [-0.3, -0.25) is 9.69 Å². The first-order chi connectivity index (χ1) is 18.1. The minimum Gasteiger partial charge on any atom is -0.348 e. The molecule has 2 saturated heterocycles. The van der Waals surface area contributed by atoms with Crippen molar-refractivity contribution in [3.63, 3.8) is 0 Å². The third kappa shape index (κ3) is 5.83. The van der Waals surface area contributed by atoms with Crippen molar-refractivity contribution in [2.45, 2.75) is 128 Å². The molecule has 1 amide bonds. The summed E-state index contributed by atoms with van der Waals surface area (Å²) in [5, 5.41) is 12.2. The molecule has 0 unspecified atom stereocenters. The predicted octanol–water partition coefficient (Wildman–Crippen LogP) is 6.57. The first kappa shape index (κ1) is 27.7. The summed E-state index contributed by atoms with van der Waals surface area (Å²) in [5.41, 5.74) is 0. The number of thiophene rings is 1. The van der Waals surface area contributed by atoms with E-state index in [0.29, 0.717) is 24.0 Å². The van der Waals surface area contributed by atoms with Gasteiger partial charge in [-0.25, -0.2) is 8.78 Å². The molecule has 38 heavy (non-hydrogen) atoms. The van der Waals surface area contributed by atoms with Crippen LogP contribution in [0.3, 0.4) is 0 Å². The van der Waals surface area contributed by atoms with Gasteiger partial charge in [-0.15, -0.1) is 21.5 Å². The molecule has 1 saturated carbocycles. The summed E-state index contributed by atoms with van der Waals surface area (Å²) < 4.78 is 29.7. The molecule has 0 radical (unpaired) electrons. The van der Waals surface area contributed by atoms with Crippen molar-refractivity contribution < 1.29 is 13.6 Å². The fraction of sp³-hybridized carbons (Fsp3) is 0.759. The highest BCUT2D eigenvalue weighted by Crippen LogP contribution is 2.43. The van der Waals surface area contributed by atoms with Crippen LogP contribution in [0.4, 0.5) is 8.78 Å². The minimum absolute atomic E-state index is 0.0528. The average Bonchev–Trinajstić information content (AvgIpc) is 3.57. The van der Waals surface area contributed by atoms with E-state index in [9.17, 15) is 13.6 Å². The van der Waals surface area contributed by atoms with Crippen molar-refractivity contribution in [1.29, 1.82) is 0 Å². The molecule has 210 valence electrons. The fourth-order valence-electron chi connectivity index (χ4n) is 6.98. The molecule has 2 bridgehead atoms. The third-order valence-electron chi connectivity index (χ3n) is 9.09. The second kappa shape index (κ2) is 11.3. The number of nitrogens with zero attached hydrogens (tertiary/aromatic N) is 4. The zero-order valence-corrected chi connectivity index (χ0v) is 24.1. The molecule has 2 aromatic rings. The Hall–Kier alpha value is -1.87. The van der Waals surface area contributed by atoms with E-state index in [2.05, 4.69) is 64.8 Å².